The van der Waals surface area contributed by atoms with Crippen molar-refractivity contribution in [3.63, 3.8) is 0 Å². The van der Waals surface area contributed by atoms with Crippen molar-refractivity contribution in [2.45, 2.75) is 57.5 Å². The van der Waals surface area contributed by atoms with Crippen molar-refractivity contribution in [1.82, 2.24) is 0 Å². The zero-order valence-electron chi connectivity index (χ0n) is 11.3. The lowest BCUT2D eigenvalue weighted by molar-refractivity contribution is -0.137. The Labute approximate surface area is 113 Å². The van der Waals surface area contributed by atoms with E-state index in [-0.39, 0.29) is 0 Å². The molecule has 0 atom stereocenters. The molecule has 106 valence electrons. The highest BCUT2D eigenvalue weighted by Gasteiger charge is 2.30. The molecule has 0 N–H and O–H groups in total. The van der Waals surface area contributed by atoms with Crippen LogP contribution in [0.1, 0.15) is 62.5 Å². The van der Waals surface area contributed by atoms with E-state index in [2.05, 4.69) is 6.92 Å². The summed E-state index contributed by atoms with van der Waals surface area (Å²) in [7, 11) is 0. The smallest absolute Gasteiger partial charge is 0.166 e. The van der Waals surface area contributed by atoms with Crippen molar-refractivity contribution in [1.29, 1.82) is 0 Å². The van der Waals surface area contributed by atoms with Gasteiger partial charge in [0.15, 0.2) is 0 Å². The molecule has 0 radical (unpaired) electrons. The Balaban J connectivity index is 1.97. The third-order valence-electron chi connectivity index (χ3n) is 4.25. The lowest BCUT2D eigenvalue weighted by atomic mass is 9.77. The Bertz CT molecular complexity index is 383. The number of rotatable bonds is 3. The maximum Gasteiger partial charge on any atom is 0.416 e. The van der Waals surface area contributed by atoms with Crippen LogP contribution in [0.2, 0.25) is 0 Å². The van der Waals surface area contributed by atoms with Crippen LogP contribution in [0.3, 0.4) is 0 Å². The van der Waals surface area contributed by atoms with E-state index in [1.165, 1.54) is 37.8 Å². The first-order chi connectivity index (χ1) is 9.00. The molecule has 0 aromatic heterocycles. The summed E-state index contributed by atoms with van der Waals surface area (Å²) in [4.78, 5) is 0. The average Bonchev–Trinajstić information content (AvgIpc) is 2.39. The molecule has 2 rings (SSSR count). The maximum absolute atomic E-state index is 12.5. The highest BCUT2D eigenvalue weighted by Crippen LogP contribution is 2.38. The van der Waals surface area contributed by atoms with Gasteiger partial charge in [0.25, 0.3) is 0 Å². The standard InChI is InChI=1S/C16H21F3/c1-2-3-12-4-6-13(7-5-12)14-8-10-15(11-9-14)16(17,18)19/h8-13H,2-7H2,1H3. The van der Waals surface area contributed by atoms with Crippen LogP contribution < -0.4 is 0 Å². The Kier molecular flexibility index (Phi) is 4.54. The van der Waals surface area contributed by atoms with Gasteiger partial charge in [-0.05, 0) is 55.2 Å². The van der Waals surface area contributed by atoms with Crippen LogP contribution in [-0.4, -0.2) is 0 Å². The third-order valence-corrected chi connectivity index (χ3v) is 4.25. The van der Waals surface area contributed by atoms with Crippen LogP contribution in [-0.2, 0) is 6.18 Å². The zero-order chi connectivity index (χ0) is 13.9. The van der Waals surface area contributed by atoms with E-state index in [1.807, 2.05) is 0 Å². The summed E-state index contributed by atoms with van der Waals surface area (Å²) in [6.07, 6.45) is 2.98. The molecule has 0 bridgehead atoms. The first-order valence-electron chi connectivity index (χ1n) is 7.18. The summed E-state index contributed by atoms with van der Waals surface area (Å²) >= 11 is 0. The van der Waals surface area contributed by atoms with Crippen LogP contribution in [0.15, 0.2) is 24.3 Å². The minimum absolute atomic E-state index is 0.454. The summed E-state index contributed by atoms with van der Waals surface area (Å²) in [5.41, 5.74) is 0.527. The van der Waals surface area contributed by atoms with E-state index in [9.17, 15) is 13.2 Å². The van der Waals surface area contributed by atoms with Crippen LogP contribution in [0.4, 0.5) is 13.2 Å². The van der Waals surface area contributed by atoms with Gasteiger partial charge in [-0.15, -0.1) is 0 Å². The van der Waals surface area contributed by atoms with Crippen LogP contribution in [0, 0.1) is 5.92 Å². The average molecular weight is 270 g/mol. The number of benzene rings is 1. The van der Waals surface area contributed by atoms with Gasteiger partial charge in [0.1, 0.15) is 0 Å². The molecule has 1 aromatic rings. The van der Waals surface area contributed by atoms with Gasteiger partial charge in [0.05, 0.1) is 5.56 Å². The molecule has 0 heterocycles. The van der Waals surface area contributed by atoms with E-state index in [0.717, 1.165) is 24.3 Å². The minimum atomic E-state index is -4.22. The van der Waals surface area contributed by atoms with Crippen LogP contribution in [0.5, 0.6) is 0 Å². The van der Waals surface area contributed by atoms with Gasteiger partial charge >= 0.3 is 6.18 Å². The summed E-state index contributed by atoms with van der Waals surface area (Å²) in [5, 5.41) is 0. The lowest BCUT2D eigenvalue weighted by Crippen LogP contribution is -2.13. The predicted octanol–water partition coefficient (Wildman–Crippen LogP) is 5.78. The fourth-order valence-corrected chi connectivity index (χ4v) is 3.14. The van der Waals surface area contributed by atoms with Crippen molar-refractivity contribution >= 4 is 0 Å². The maximum atomic E-state index is 12.5. The monoisotopic (exact) mass is 270 g/mol. The normalized spacial score (nSPS) is 24.4. The number of alkyl halides is 3. The molecule has 1 aliphatic carbocycles. The predicted molar refractivity (Wildman–Crippen MR) is 71.1 cm³/mol. The minimum Gasteiger partial charge on any atom is -0.166 e. The summed E-state index contributed by atoms with van der Waals surface area (Å²) in [6.45, 7) is 2.21. The molecule has 3 heteroatoms. The third kappa shape index (κ3) is 3.74. The SMILES string of the molecule is CCCC1CCC(c2ccc(C(F)(F)F)cc2)CC1. The molecule has 1 saturated carbocycles. The van der Waals surface area contributed by atoms with E-state index >= 15 is 0 Å². The van der Waals surface area contributed by atoms with Gasteiger partial charge in [-0.3, -0.25) is 0 Å². The molecule has 0 spiro atoms. The molecule has 1 fully saturated rings. The Morgan fingerprint density at radius 1 is 1.00 bits per heavy atom. The topological polar surface area (TPSA) is 0 Å². The quantitative estimate of drug-likeness (QED) is 0.653. The Morgan fingerprint density at radius 2 is 1.58 bits per heavy atom. The summed E-state index contributed by atoms with van der Waals surface area (Å²) < 4.78 is 37.5. The molecule has 0 aliphatic heterocycles. The molecular formula is C16H21F3. The van der Waals surface area contributed by atoms with E-state index in [1.54, 1.807) is 12.1 Å². The molecular weight excluding hydrogens is 249 g/mol. The van der Waals surface area contributed by atoms with Gasteiger partial charge in [-0.25, -0.2) is 0 Å². The molecule has 19 heavy (non-hydrogen) atoms. The highest BCUT2D eigenvalue weighted by atomic mass is 19.4. The van der Waals surface area contributed by atoms with Crippen molar-refractivity contribution in [3.05, 3.63) is 35.4 Å². The van der Waals surface area contributed by atoms with E-state index < -0.39 is 11.7 Å². The zero-order valence-corrected chi connectivity index (χ0v) is 11.3. The molecule has 0 saturated heterocycles. The fraction of sp³-hybridized carbons (Fsp3) is 0.625. The molecule has 1 aliphatic rings. The second-order valence-corrected chi connectivity index (χ2v) is 5.63. The number of halogens is 3. The van der Waals surface area contributed by atoms with Gasteiger partial charge in [0.2, 0.25) is 0 Å². The molecule has 1 aromatic carbocycles. The number of hydrogen-bond donors (Lipinski definition) is 0. The molecule has 0 nitrogen and oxygen atoms in total. The van der Waals surface area contributed by atoms with Crippen molar-refractivity contribution in [2.75, 3.05) is 0 Å². The van der Waals surface area contributed by atoms with Crippen molar-refractivity contribution < 1.29 is 13.2 Å². The van der Waals surface area contributed by atoms with E-state index in [0.29, 0.717) is 5.92 Å². The molecule has 0 unspecified atom stereocenters. The van der Waals surface area contributed by atoms with Gasteiger partial charge in [0, 0.05) is 0 Å². The van der Waals surface area contributed by atoms with Gasteiger partial charge in [-0.2, -0.15) is 13.2 Å². The van der Waals surface area contributed by atoms with Gasteiger partial charge < -0.3 is 0 Å². The molecule has 0 amide bonds. The van der Waals surface area contributed by atoms with Crippen LogP contribution in [0.25, 0.3) is 0 Å². The van der Waals surface area contributed by atoms with Crippen molar-refractivity contribution in [3.8, 4) is 0 Å². The Morgan fingerprint density at radius 3 is 2.05 bits per heavy atom. The fourth-order valence-electron chi connectivity index (χ4n) is 3.14. The highest BCUT2D eigenvalue weighted by molar-refractivity contribution is 5.27. The first kappa shape index (κ1) is 14.4. The Hall–Kier alpha value is -0.990. The van der Waals surface area contributed by atoms with E-state index in [4.69, 9.17) is 0 Å². The largest absolute Gasteiger partial charge is 0.416 e. The summed E-state index contributed by atoms with van der Waals surface area (Å²) in [6, 6.07) is 5.75. The second-order valence-electron chi connectivity index (χ2n) is 5.63. The number of hydrogen-bond acceptors (Lipinski definition) is 0. The lowest BCUT2D eigenvalue weighted by Gasteiger charge is -2.28. The first-order valence-corrected chi connectivity index (χ1v) is 7.18. The van der Waals surface area contributed by atoms with Crippen LogP contribution >= 0.6 is 0 Å². The van der Waals surface area contributed by atoms with Crippen molar-refractivity contribution in [2.24, 2.45) is 5.92 Å². The van der Waals surface area contributed by atoms with Gasteiger partial charge in [-0.1, -0.05) is 31.9 Å². The summed E-state index contributed by atoms with van der Waals surface area (Å²) in [5.74, 6) is 1.28. The second kappa shape index (κ2) is 5.98.